The van der Waals surface area contributed by atoms with Gasteiger partial charge in [0.25, 0.3) is 5.56 Å². The maximum Gasteiger partial charge on any atom is 0.272 e. The van der Waals surface area contributed by atoms with E-state index in [0.717, 1.165) is 5.56 Å². The molecule has 1 N–H and O–H groups in total. The number of ether oxygens (including phenoxy) is 1. The predicted molar refractivity (Wildman–Crippen MR) is 71.6 cm³/mol. The number of hydrogen-bond donors (Lipinski definition) is 1. The van der Waals surface area contributed by atoms with E-state index >= 15 is 0 Å². The van der Waals surface area contributed by atoms with Gasteiger partial charge in [0.05, 0.1) is 12.4 Å². The lowest BCUT2D eigenvalue weighted by Gasteiger charge is -2.42. The summed E-state index contributed by atoms with van der Waals surface area (Å²) >= 11 is 0. The standard InChI is InChI=1S/C14H15N3O3/c1-14(2)13(19)12(17-6-4-11(18)16-8-17)9-7-15-5-3-10(9)20-14/h3-8,12-13,19H,1-2H3/t12-,13+/m0/s1. The Balaban J connectivity index is 2.17. The lowest BCUT2D eigenvalue weighted by atomic mass is 9.87. The number of pyridine rings is 1. The van der Waals surface area contributed by atoms with Crippen molar-refractivity contribution in [1.29, 1.82) is 0 Å². The van der Waals surface area contributed by atoms with Crippen LogP contribution in [0.2, 0.25) is 0 Å². The van der Waals surface area contributed by atoms with Crippen molar-refractivity contribution in [3.05, 3.63) is 53.0 Å². The molecule has 0 unspecified atom stereocenters. The van der Waals surface area contributed by atoms with Crippen molar-refractivity contribution < 1.29 is 9.84 Å². The molecule has 3 heterocycles. The van der Waals surface area contributed by atoms with E-state index in [-0.39, 0.29) is 5.56 Å². The van der Waals surface area contributed by atoms with E-state index in [2.05, 4.69) is 9.97 Å². The molecule has 0 radical (unpaired) electrons. The fourth-order valence-electron chi connectivity index (χ4n) is 2.45. The zero-order valence-electron chi connectivity index (χ0n) is 11.2. The second-order valence-corrected chi connectivity index (χ2v) is 5.35. The molecular weight excluding hydrogens is 258 g/mol. The Kier molecular flexibility index (Phi) is 2.83. The summed E-state index contributed by atoms with van der Waals surface area (Å²) in [5, 5.41) is 10.6. The van der Waals surface area contributed by atoms with Gasteiger partial charge in [0.1, 0.15) is 17.5 Å². The average Bonchev–Trinajstić information content (AvgIpc) is 2.41. The van der Waals surface area contributed by atoms with Crippen LogP contribution in [0.15, 0.2) is 41.8 Å². The molecule has 104 valence electrons. The number of rotatable bonds is 1. The molecular formula is C14H15N3O3. The average molecular weight is 273 g/mol. The second-order valence-electron chi connectivity index (χ2n) is 5.35. The highest BCUT2D eigenvalue weighted by Gasteiger charge is 2.43. The minimum atomic E-state index is -0.788. The molecule has 0 spiro atoms. The molecule has 0 amide bonds. The van der Waals surface area contributed by atoms with Crippen molar-refractivity contribution >= 4 is 0 Å². The van der Waals surface area contributed by atoms with Gasteiger partial charge in [-0.1, -0.05) is 0 Å². The minimum Gasteiger partial charge on any atom is -0.485 e. The molecule has 20 heavy (non-hydrogen) atoms. The molecule has 0 aromatic carbocycles. The van der Waals surface area contributed by atoms with Crippen LogP contribution in [0.4, 0.5) is 0 Å². The zero-order chi connectivity index (χ0) is 14.3. The number of nitrogens with zero attached hydrogens (tertiary/aromatic N) is 3. The van der Waals surface area contributed by atoms with Gasteiger partial charge in [-0.3, -0.25) is 9.78 Å². The summed E-state index contributed by atoms with van der Waals surface area (Å²) in [5.41, 5.74) is -0.291. The molecule has 6 heteroatoms. The summed E-state index contributed by atoms with van der Waals surface area (Å²) in [5.74, 6) is 0.680. The van der Waals surface area contributed by atoms with Crippen LogP contribution in [-0.2, 0) is 0 Å². The maximum absolute atomic E-state index is 11.1. The first kappa shape index (κ1) is 12.8. The van der Waals surface area contributed by atoms with Gasteiger partial charge >= 0.3 is 0 Å². The SMILES string of the molecule is CC1(C)Oc2ccncc2[C@H](n2ccc(=O)nc2)[C@H]1O. The summed E-state index contributed by atoms with van der Waals surface area (Å²) in [6.45, 7) is 3.65. The molecule has 3 rings (SSSR count). The fraction of sp³-hybridized carbons (Fsp3) is 0.357. The number of aliphatic hydroxyl groups excluding tert-OH is 1. The van der Waals surface area contributed by atoms with Crippen LogP contribution >= 0.6 is 0 Å². The van der Waals surface area contributed by atoms with Crippen LogP contribution in [0.25, 0.3) is 0 Å². The van der Waals surface area contributed by atoms with Gasteiger partial charge in [0, 0.05) is 30.2 Å². The number of aromatic nitrogens is 3. The smallest absolute Gasteiger partial charge is 0.272 e. The highest BCUT2D eigenvalue weighted by Crippen LogP contribution is 2.40. The minimum absolute atomic E-state index is 0.312. The largest absolute Gasteiger partial charge is 0.485 e. The Morgan fingerprint density at radius 1 is 1.40 bits per heavy atom. The van der Waals surface area contributed by atoms with Gasteiger partial charge < -0.3 is 14.4 Å². The fourth-order valence-corrected chi connectivity index (χ4v) is 2.45. The van der Waals surface area contributed by atoms with Crippen LogP contribution in [0.5, 0.6) is 5.75 Å². The molecule has 1 aliphatic heterocycles. The lowest BCUT2D eigenvalue weighted by Crippen LogP contribution is -2.50. The van der Waals surface area contributed by atoms with Crippen LogP contribution in [-0.4, -0.2) is 31.3 Å². The predicted octanol–water partition coefficient (Wildman–Crippen LogP) is 0.760. The first-order chi connectivity index (χ1) is 9.49. The summed E-state index contributed by atoms with van der Waals surface area (Å²) in [7, 11) is 0. The number of fused-ring (bicyclic) bond motifs is 1. The first-order valence-corrected chi connectivity index (χ1v) is 6.34. The maximum atomic E-state index is 11.1. The van der Waals surface area contributed by atoms with E-state index in [0.29, 0.717) is 5.75 Å². The van der Waals surface area contributed by atoms with Crippen molar-refractivity contribution in [2.75, 3.05) is 0 Å². The summed E-state index contributed by atoms with van der Waals surface area (Å²) < 4.78 is 7.53. The molecule has 2 atom stereocenters. The monoisotopic (exact) mass is 273 g/mol. The highest BCUT2D eigenvalue weighted by atomic mass is 16.5. The molecule has 0 saturated heterocycles. The van der Waals surface area contributed by atoms with Crippen LogP contribution in [0, 0.1) is 0 Å². The Morgan fingerprint density at radius 2 is 2.20 bits per heavy atom. The molecule has 6 nitrogen and oxygen atoms in total. The Hall–Kier alpha value is -2.21. The van der Waals surface area contributed by atoms with E-state index in [9.17, 15) is 9.90 Å². The van der Waals surface area contributed by atoms with Crippen LogP contribution in [0.3, 0.4) is 0 Å². The van der Waals surface area contributed by atoms with Gasteiger partial charge in [0.15, 0.2) is 0 Å². The van der Waals surface area contributed by atoms with E-state index in [1.165, 1.54) is 12.4 Å². The van der Waals surface area contributed by atoms with Gasteiger partial charge in [-0.25, -0.2) is 0 Å². The number of hydrogen-bond acceptors (Lipinski definition) is 5. The van der Waals surface area contributed by atoms with Crippen LogP contribution in [0.1, 0.15) is 25.5 Å². The Morgan fingerprint density at radius 3 is 2.90 bits per heavy atom. The van der Waals surface area contributed by atoms with Gasteiger partial charge in [-0.05, 0) is 19.9 Å². The molecule has 0 fully saturated rings. The van der Waals surface area contributed by atoms with Crippen molar-refractivity contribution in [3.8, 4) is 5.75 Å². The third-order valence-electron chi connectivity index (χ3n) is 3.54. The lowest BCUT2D eigenvalue weighted by molar-refractivity contribution is -0.0641. The van der Waals surface area contributed by atoms with Crippen molar-refractivity contribution in [1.82, 2.24) is 14.5 Å². The second kappa shape index (κ2) is 4.42. The Bertz CT molecular complexity index is 676. The topological polar surface area (TPSA) is 77.2 Å². The van der Waals surface area contributed by atoms with E-state index in [4.69, 9.17) is 4.74 Å². The quantitative estimate of drug-likeness (QED) is 0.830. The summed E-state index contributed by atoms with van der Waals surface area (Å²) in [6, 6.07) is 2.74. The van der Waals surface area contributed by atoms with Crippen molar-refractivity contribution in [3.63, 3.8) is 0 Å². The first-order valence-electron chi connectivity index (χ1n) is 6.34. The third-order valence-corrected chi connectivity index (χ3v) is 3.54. The normalized spacial score (nSPS) is 23.8. The highest BCUT2D eigenvalue weighted by molar-refractivity contribution is 5.38. The molecule has 1 aliphatic rings. The van der Waals surface area contributed by atoms with Gasteiger partial charge in [0.2, 0.25) is 0 Å². The third kappa shape index (κ3) is 1.98. The molecule has 2 aromatic heterocycles. The van der Waals surface area contributed by atoms with Crippen molar-refractivity contribution in [2.45, 2.75) is 31.6 Å². The van der Waals surface area contributed by atoms with E-state index in [1.807, 2.05) is 13.8 Å². The zero-order valence-corrected chi connectivity index (χ0v) is 11.2. The van der Waals surface area contributed by atoms with E-state index < -0.39 is 17.7 Å². The van der Waals surface area contributed by atoms with Crippen LogP contribution < -0.4 is 10.3 Å². The number of aliphatic hydroxyl groups is 1. The summed E-state index contributed by atoms with van der Waals surface area (Å²) in [6.07, 6.45) is 5.56. The molecule has 2 aromatic rings. The van der Waals surface area contributed by atoms with Gasteiger partial charge in [-0.15, -0.1) is 0 Å². The van der Waals surface area contributed by atoms with Gasteiger partial charge in [-0.2, -0.15) is 4.98 Å². The molecule has 0 aliphatic carbocycles. The molecule has 0 saturated carbocycles. The van der Waals surface area contributed by atoms with Crippen molar-refractivity contribution in [2.24, 2.45) is 0 Å². The Labute approximate surface area is 115 Å². The van der Waals surface area contributed by atoms with E-state index in [1.54, 1.807) is 29.2 Å². The molecule has 0 bridgehead atoms. The summed E-state index contributed by atoms with van der Waals surface area (Å²) in [4.78, 5) is 19.0.